The molecule has 4 aromatic rings. The van der Waals surface area contributed by atoms with Crippen molar-refractivity contribution in [1.82, 2.24) is 24.9 Å². The van der Waals surface area contributed by atoms with Crippen LogP contribution in [0.1, 0.15) is 36.6 Å². The zero-order valence-electron chi connectivity index (χ0n) is 19.6. The predicted molar refractivity (Wildman–Crippen MR) is 131 cm³/mol. The molecule has 0 saturated carbocycles. The number of aryl methyl sites for hydroxylation is 1. The molecule has 5 rings (SSSR count). The van der Waals surface area contributed by atoms with Gasteiger partial charge in [0.2, 0.25) is 0 Å². The number of urea groups is 1. The van der Waals surface area contributed by atoms with Crippen LogP contribution in [-0.4, -0.2) is 36.8 Å². The lowest BCUT2D eigenvalue weighted by Crippen LogP contribution is -2.41. The molecule has 8 nitrogen and oxygen atoms in total. The number of fused-ring (bicyclic) bond motifs is 1. The fourth-order valence-corrected chi connectivity index (χ4v) is 4.76. The van der Waals surface area contributed by atoms with Crippen molar-refractivity contribution >= 4 is 11.8 Å². The van der Waals surface area contributed by atoms with Gasteiger partial charge in [-0.2, -0.15) is 10.2 Å². The van der Waals surface area contributed by atoms with Crippen molar-refractivity contribution in [3.05, 3.63) is 83.7 Å². The van der Waals surface area contributed by atoms with E-state index in [0.717, 1.165) is 33.6 Å². The molecule has 0 spiro atoms. The number of nitrogens with zero attached hydrogens (tertiary/aromatic N) is 4. The molecule has 0 fully saturated rings. The lowest BCUT2D eigenvalue weighted by molar-refractivity contribution is 0.0828. The van der Waals surface area contributed by atoms with Gasteiger partial charge < -0.3 is 10.4 Å². The molecule has 1 aliphatic rings. The third-order valence-corrected chi connectivity index (χ3v) is 6.67. The molecule has 174 valence electrons. The number of hydrogen-bond donors (Lipinski definition) is 3. The summed E-state index contributed by atoms with van der Waals surface area (Å²) in [6, 6.07) is 16.6. The van der Waals surface area contributed by atoms with Crippen molar-refractivity contribution in [2.24, 2.45) is 7.05 Å². The van der Waals surface area contributed by atoms with E-state index in [0.29, 0.717) is 5.82 Å². The smallest absolute Gasteiger partial charge is 0.320 e. The summed E-state index contributed by atoms with van der Waals surface area (Å²) in [5, 5.41) is 26.1. The molecule has 1 unspecified atom stereocenters. The maximum atomic E-state index is 13.2. The average Bonchev–Trinajstić information content (AvgIpc) is 3.45. The molecule has 2 amide bonds. The number of aliphatic hydroxyl groups is 1. The van der Waals surface area contributed by atoms with Crippen molar-refractivity contribution in [3.8, 4) is 16.9 Å². The van der Waals surface area contributed by atoms with Crippen LogP contribution in [-0.2, 0) is 12.5 Å². The summed E-state index contributed by atoms with van der Waals surface area (Å²) in [6.07, 6.45) is 2.90. The standard InChI is InChI=1S/C26H28N6O2/c1-16-21(17-14-27-31(4)15-17)30-32(18-10-6-5-7-11-18)24(16)29-25(34)28-22-19-12-8-9-13-20(19)26(2,3)23(22)33/h5-15,22-23,33H,1-4H3,(H2,28,29,34)/t22-,23?/m1/s1. The second-order valence-corrected chi connectivity index (χ2v) is 9.30. The van der Waals surface area contributed by atoms with E-state index >= 15 is 0 Å². The number of nitrogens with one attached hydrogen (secondary N) is 2. The first-order chi connectivity index (χ1) is 16.3. The van der Waals surface area contributed by atoms with Crippen LogP contribution in [0.3, 0.4) is 0 Å². The van der Waals surface area contributed by atoms with Gasteiger partial charge in [-0.15, -0.1) is 0 Å². The summed E-state index contributed by atoms with van der Waals surface area (Å²) in [6.45, 7) is 5.91. The number of aliphatic hydroxyl groups excluding tert-OH is 1. The Morgan fingerprint density at radius 3 is 2.50 bits per heavy atom. The van der Waals surface area contributed by atoms with Gasteiger partial charge in [0.25, 0.3) is 0 Å². The van der Waals surface area contributed by atoms with Crippen molar-refractivity contribution in [1.29, 1.82) is 0 Å². The molecule has 0 bridgehead atoms. The molecule has 8 heteroatoms. The molecular formula is C26H28N6O2. The summed E-state index contributed by atoms with van der Waals surface area (Å²) in [5.41, 5.74) is 4.74. The van der Waals surface area contributed by atoms with Gasteiger partial charge in [0, 0.05) is 29.8 Å². The monoisotopic (exact) mass is 456 g/mol. The molecular weight excluding hydrogens is 428 g/mol. The number of hydrogen-bond acceptors (Lipinski definition) is 4. The lowest BCUT2D eigenvalue weighted by atomic mass is 9.84. The number of aromatic nitrogens is 4. The van der Waals surface area contributed by atoms with Crippen LogP contribution in [0.15, 0.2) is 67.0 Å². The third-order valence-electron chi connectivity index (χ3n) is 6.67. The van der Waals surface area contributed by atoms with Crippen molar-refractivity contribution in [2.45, 2.75) is 38.3 Å². The molecule has 0 aliphatic heterocycles. The Bertz CT molecular complexity index is 1350. The lowest BCUT2D eigenvalue weighted by Gasteiger charge is -2.27. The number of carbonyl (C=O) groups is 1. The minimum absolute atomic E-state index is 0.408. The van der Waals surface area contributed by atoms with Gasteiger partial charge in [-0.25, -0.2) is 9.48 Å². The first-order valence-electron chi connectivity index (χ1n) is 11.3. The van der Waals surface area contributed by atoms with Gasteiger partial charge in [0.05, 0.1) is 24.0 Å². The van der Waals surface area contributed by atoms with Crippen LogP contribution in [0.25, 0.3) is 16.9 Å². The summed E-state index contributed by atoms with van der Waals surface area (Å²) < 4.78 is 3.44. The van der Waals surface area contributed by atoms with Gasteiger partial charge in [0.1, 0.15) is 11.5 Å². The first kappa shape index (κ1) is 21.9. The van der Waals surface area contributed by atoms with Crippen LogP contribution in [0.2, 0.25) is 0 Å². The fraction of sp³-hybridized carbons (Fsp3) is 0.269. The quantitative estimate of drug-likeness (QED) is 0.431. The molecule has 2 aromatic heterocycles. The van der Waals surface area contributed by atoms with Gasteiger partial charge in [-0.05, 0) is 30.2 Å². The molecule has 0 saturated heterocycles. The highest BCUT2D eigenvalue weighted by Crippen LogP contribution is 2.44. The van der Waals surface area contributed by atoms with E-state index in [2.05, 4.69) is 15.7 Å². The van der Waals surface area contributed by atoms with Gasteiger partial charge in [-0.1, -0.05) is 56.3 Å². The highest BCUT2D eigenvalue weighted by molar-refractivity contribution is 5.91. The summed E-state index contributed by atoms with van der Waals surface area (Å²) in [4.78, 5) is 13.2. The van der Waals surface area contributed by atoms with Gasteiger partial charge in [0.15, 0.2) is 0 Å². The Kier molecular flexibility index (Phi) is 5.25. The van der Waals surface area contributed by atoms with Crippen molar-refractivity contribution in [2.75, 3.05) is 5.32 Å². The van der Waals surface area contributed by atoms with Crippen LogP contribution >= 0.6 is 0 Å². The van der Waals surface area contributed by atoms with E-state index in [1.807, 2.05) is 88.6 Å². The second-order valence-electron chi connectivity index (χ2n) is 9.30. The number of amides is 2. The maximum Gasteiger partial charge on any atom is 0.320 e. The molecule has 0 radical (unpaired) electrons. The number of carbonyl (C=O) groups excluding carboxylic acids is 1. The van der Waals surface area contributed by atoms with Crippen molar-refractivity contribution < 1.29 is 9.90 Å². The van der Waals surface area contributed by atoms with Gasteiger partial charge >= 0.3 is 6.03 Å². The first-order valence-corrected chi connectivity index (χ1v) is 11.3. The third kappa shape index (κ3) is 3.56. The normalized spacial score (nSPS) is 18.5. The van der Waals surface area contributed by atoms with Crippen LogP contribution in [0.5, 0.6) is 0 Å². The second kappa shape index (κ2) is 8.14. The fourth-order valence-electron chi connectivity index (χ4n) is 4.76. The molecule has 2 atom stereocenters. The minimum Gasteiger partial charge on any atom is -0.390 e. The number of anilines is 1. The summed E-state index contributed by atoms with van der Waals surface area (Å²) in [5.74, 6) is 0.558. The van der Waals surface area contributed by atoms with E-state index in [-0.39, 0.29) is 0 Å². The van der Waals surface area contributed by atoms with E-state index in [1.165, 1.54) is 0 Å². The number of rotatable bonds is 4. The minimum atomic E-state index is -0.748. The largest absolute Gasteiger partial charge is 0.390 e. The Morgan fingerprint density at radius 1 is 1.09 bits per heavy atom. The van der Waals surface area contributed by atoms with E-state index in [1.54, 1.807) is 15.6 Å². The SMILES string of the molecule is Cc1c(-c2cnn(C)c2)nn(-c2ccccc2)c1NC(=O)N[C@@H]1c2ccccc2C(C)(C)C1O. The maximum absolute atomic E-state index is 13.2. The number of para-hydroxylation sites is 1. The van der Waals surface area contributed by atoms with E-state index in [4.69, 9.17) is 5.10 Å². The predicted octanol–water partition coefficient (Wildman–Crippen LogP) is 4.10. The molecule has 2 aromatic carbocycles. The van der Waals surface area contributed by atoms with Gasteiger partial charge in [-0.3, -0.25) is 10.00 Å². The van der Waals surface area contributed by atoms with E-state index in [9.17, 15) is 9.90 Å². The topological polar surface area (TPSA) is 97.0 Å². The van der Waals surface area contributed by atoms with Crippen LogP contribution in [0.4, 0.5) is 10.6 Å². The summed E-state index contributed by atoms with van der Waals surface area (Å²) in [7, 11) is 1.85. The molecule has 2 heterocycles. The van der Waals surface area contributed by atoms with Crippen LogP contribution < -0.4 is 10.6 Å². The molecule has 1 aliphatic carbocycles. The van der Waals surface area contributed by atoms with E-state index < -0.39 is 23.6 Å². The highest BCUT2D eigenvalue weighted by atomic mass is 16.3. The Balaban J connectivity index is 1.48. The average molecular weight is 457 g/mol. The Hall–Kier alpha value is -3.91. The zero-order valence-corrected chi connectivity index (χ0v) is 19.6. The Morgan fingerprint density at radius 2 is 1.79 bits per heavy atom. The highest BCUT2D eigenvalue weighted by Gasteiger charge is 2.46. The van der Waals surface area contributed by atoms with Crippen LogP contribution in [0, 0.1) is 6.92 Å². The summed E-state index contributed by atoms with van der Waals surface area (Å²) >= 11 is 0. The van der Waals surface area contributed by atoms with Crippen molar-refractivity contribution in [3.63, 3.8) is 0 Å². The molecule has 34 heavy (non-hydrogen) atoms. The Labute approximate surface area is 198 Å². The molecule has 3 N–H and O–H groups in total. The zero-order chi connectivity index (χ0) is 24.0. The number of benzene rings is 2.